The van der Waals surface area contributed by atoms with Crippen LogP contribution in [-0.4, -0.2) is 32.7 Å². The summed E-state index contributed by atoms with van der Waals surface area (Å²) in [7, 11) is 1.69. The van der Waals surface area contributed by atoms with E-state index < -0.39 is 0 Å². The lowest BCUT2D eigenvalue weighted by Gasteiger charge is -2.44. The minimum absolute atomic E-state index is 0.144. The highest BCUT2D eigenvalue weighted by Crippen LogP contribution is 2.44. The van der Waals surface area contributed by atoms with Crippen LogP contribution in [0.3, 0.4) is 0 Å². The Kier molecular flexibility index (Phi) is 5.22. The first-order valence-electron chi connectivity index (χ1n) is 6.12. The van der Waals surface area contributed by atoms with Crippen LogP contribution in [0.4, 0.5) is 0 Å². The topological polar surface area (TPSA) is 64.3 Å². The molecule has 94 valence electrons. The molecular formula is C12H24N2O2. The van der Waals surface area contributed by atoms with Crippen LogP contribution in [-0.2, 0) is 9.53 Å². The Bertz CT molecular complexity index is 225. The first kappa shape index (κ1) is 13.5. The summed E-state index contributed by atoms with van der Waals surface area (Å²) in [4.78, 5) is 11.9. The van der Waals surface area contributed by atoms with E-state index in [1.54, 1.807) is 7.11 Å². The summed E-state index contributed by atoms with van der Waals surface area (Å²) >= 11 is 0. The summed E-state index contributed by atoms with van der Waals surface area (Å²) in [6, 6.07) is 0. The van der Waals surface area contributed by atoms with Gasteiger partial charge >= 0.3 is 0 Å². The Morgan fingerprint density at radius 2 is 2.19 bits per heavy atom. The molecule has 1 aliphatic rings. The van der Waals surface area contributed by atoms with Gasteiger partial charge in [-0.15, -0.1) is 0 Å². The third-order valence-electron chi connectivity index (χ3n) is 3.41. The van der Waals surface area contributed by atoms with Gasteiger partial charge in [-0.1, -0.05) is 6.92 Å². The molecule has 1 rings (SSSR count). The van der Waals surface area contributed by atoms with Crippen LogP contribution in [0.2, 0.25) is 0 Å². The second-order valence-electron chi connectivity index (χ2n) is 4.95. The average Bonchev–Trinajstić information content (AvgIpc) is 2.24. The fraction of sp³-hybridized carbons (Fsp3) is 0.917. The molecule has 0 saturated heterocycles. The van der Waals surface area contributed by atoms with E-state index in [-0.39, 0.29) is 11.3 Å². The smallest absolute Gasteiger partial charge is 0.227 e. The molecule has 0 aromatic heterocycles. The average molecular weight is 228 g/mol. The minimum atomic E-state index is -0.263. The molecule has 0 unspecified atom stereocenters. The SMILES string of the molecule is COCCCCNC(=O)C1(CN)CC(C)C1. The van der Waals surface area contributed by atoms with E-state index in [2.05, 4.69) is 12.2 Å². The van der Waals surface area contributed by atoms with Crippen molar-refractivity contribution >= 4 is 5.91 Å². The van der Waals surface area contributed by atoms with Crippen molar-refractivity contribution in [2.75, 3.05) is 26.8 Å². The second-order valence-corrected chi connectivity index (χ2v) is 4.95. The van der Waals surface area contributed by atoms with Gasteiger partial charge in [0.05, 0.1) is 5.41 Å². The van der Waals surface area contributed by atoms with Crippen molar-refractivity contribution in [1.29, 1.82) is 0 Å². The number of ether oxygens (including phenoxy) is 1. The van der Waals surface area contributed by atoms with E-state index >= 15 is 0 Å². The molecule has 1 fully saturated rings. The van der Waals surface area contributed by atoms with Crippen molar-refractivity contribution in [2.45, 2.75) is 32.6 Å². The molecule has 1 saturated carbocycles. The van der Waals surface area contributed by atoms with Crippen LogP contribution >= 0.6 is 0 Å². The largest absolute Gasteiger partial charge is 0.385 e. The van der Waals surface area contributed by atoms with Gasteiger partial charge in [0.1, 0.15) is 0 Å². The third-order valence-corrected chi connectivity index (χ3v) is 3.41. The van der Waals surface area contributed by atoms with Gasteiger partial charge in [-0.2, -0.15) is 0 Å². The van der Waals surface area contributed by atoms with Gasteiger partial charge in [0.25, 0.3) is 0 Å². The molecule has 0 aliphatic heterocycles. The Hall–Kier alpha value is -0.610. The summed E-state index contributed by atoms with van der Waals surface area (Å²) in [5, 5.41) is 2.98. The molecule has 0 heterocycles. The Balaban J connectivity index is 2.19. The number of amides is 1. The zero-order chi connectivity index (χ0) is 12.0. The number of hydrogen-bond acceptors (Lipinski definition) is 3. The number of rotatable bonds is 7. The van der Waals surface area contributed by atoms with Gasteiger partial charge in [-0.05, 0) is 31.6 Å². The van der Waals surface area contributed by atoms with E-state index in [9.17, 15) is 4.79 Å². The number of carbonyl (C=O) groups is 1. The second kappa shape index (κ2) is 6.21. The van der Waals surface area contributed by atoms with Gasteiger partial charge < -0.3 is 15.8 Å². The Labute approximate surface area is 97.9 Å². The molecule has 3 N–H and O–H groups in total. The van der Waals surface area contributed by atoms with Crippen LogP contribution in [0.25, 0.3) is 0 Å². The van der Waals surface area contributed by atoms with Crippen LogP contribution < -0.4 is 11.1 Å². The molecule has 1 aliphatic carbocycles. The molecule has 0 bridgehead atoms. The first-order chi connectivity index (χ1) is 7.64. The zero-order valence-corrected chi connectivity index (χ0v) is 10.4. The summed E-state index contributed by atoms with van der Waals surface area (Å²) < 4.78 is 4.95. The number of nitrogens with one attached hydrogen (secondary N) is 1. The van der Waals surface area contributed by atoms with E-state index in [0.717, 1.165) is 38.8 Å². The quantitative estimate of drug-likeness (QED) is 0.636. The van der Waals surface area contributed by atoms with E-state index in [1.165, 1.54) is 0 Å². The molecule has 4 nitrogen and oxygen atoms in total. The molecule has 0 atom stereocenters. The van der Waals surface area contributed by atoms with Crippen molar-refractivity contribution in [1.82, 2.24) is 5.32 Å². The highest BCUT2D eigenvalue weighted by molar-refractivity contribution is 5.83. The highest BCUT2D eigenvalue weighted by Gasteiger charge is 2.46. The molecule has 4 heteroatoms. The van der Waals surface area contributed by atoms with Gasteiger partial charge in [-0.3, -0.25) is 4.79 Å². The molecule has 1 amide bonds. The van der Waals surface area contributed by atoms with Crippen LogP contribution in [0.15, 0.2) is 0 Å². The Morgan fingerprint density at radius 1 is 1.50 bits per heavy atom. The lowest BCUT2D eigenvalue weighted by atomic mass is 9.62. The maximum Gasteiger partial charge on any atom is 0.227 e. The number of unbranched alkanes of at least 4 members (excludes halogenated alkanes) is 1. The van der Waals surface area contributed by atoms with Crippen molar-refractivity contribution in [3.8, 4) is 0 Å². The van der Waals surface area contributed by atoms with Gasteiger partial charge in [0, 0.05) is 26.8 Å². The first-order valence-corrected chi connectivity index (χ1v) is 6.12. The fourth-order valence-corrected chi connectivity index (χ4v) is 2.48. The Morgan fingerprint density at radius 3 is 2.69 bits per heavy atom. The number of hydrogen-bond donors (Lipinski definition) is 2. The lowest BCUT2D eigenvalue weighted by Crippen LogP contribution is -2.53. The standard InChI is InChI=1S/C12H24N2O2/c1-10-7-12(8-10,9-13)11(15)14-5-3-4-6-16-2/h10H,3-9,13H2,1-2H3,(H,14,15). The predicted octanol–water partition coefficient (Wildman–Crippen LogP) is 0.904. The molecule has 0 radical (unpaired) electrons. The predicted molar refractivity (Wildman–Crippen MR) is 64.0 cm³/mol. The van der Waals surface area contributed by atoms with Crippen LogP contribution in [0.5, 0.6) is 0 Å². The number of nitrogens with two attached hydrogens (primary N) is 1. The normalized spacial score (nSPS) is 28.6. The van der Waals surface area contributed by atoms with E-state index in [0.29, 0.717) is 12.5 Å². The summed E-state index contributed by atoms with van der Waals surface area (Å²) in [6.45, 7) is 4.13. The molecule has 0 spiro atoms. The zero-order valence-electron chi connectivity index (χ0n) is 10.4. The lowest BCUT2D eigenvalue weighted by molar-refractivity contribution is -0.138. The van der Waals surface area contributed by atoms with Crippen LogP contribution in [0.1, 0.15) is 32.6 Å². The molecule has 0 aromatic carbocycles. The molecule has 0 aromatic rings. The van der Waals surface area contributed by atoms with Crippen LogP contribution in [0, 0.1) is 11.3 Å². The minimum Gasteiger partial charge on any atom is -0.385 e. The van der Waals surface area contributed by atoms with E-state index in [4.69, 9.17) is 10.5 Å². The van der Waals surface area contributed by atoms with Crippen molar-refractivity contribution < 1.29 is 9.53 Å². The van der Waals surface area contributed by atoms with Crippen molar-refractivity contribution in [2.24, 2.45) is 17.1 Å². The third kappa shape index (κ3) is 3.19. The summed E-state index contributed by atoms with van der Waals surface area (Å²) in [5.41, 5.74) is 5.44. The monoisotopic (exact) mass is 228 g/mol. The number of methoxy groups -OCH3 is 1. The van der Waals surface area contributed by atoms with E-state index in [1.807, 2.05) is 0 Å². The fourth-order valence-electron chi connectivity index (χ4n) is 2.48. The summed E-state index contributed by atoms with van der Waals surface area (Å²) in [6.07, 6.45) is 3.83. The van der Waals surface area contributed by atoms with Gasteiger partial charge in [0.2, 0.25) is 5.91 Å². The van der Waals surface area contributed by atoms with Crippen molar-refractivity contribution in [3.63, 3.8) is 0 Å². The summed E-state index contributed by atoms with van der Waals surface area (Å²) in [5.74, 6) is 0.785. The van der Waals surface area contributed by atoms with Gasteiger partial charge in [-0.25, -0.2) is 0 Å². The maximum atomic E-state index is 11.9. The molecular weight excluding hydrogens is 204 g/mol. The van der Waals surface area contributed by atoms with Crippen molar-refractivity contribution in [3.05, 3.63) is 0 Å². The highest BCUT2D eigenvalue weighted by atomic mass is 16.5. The maximum absolute atomic E-state index is 11.9. The van der Waals surface area contributed by atoms with Gasteiger partial charge in [0.15, 0.2) is 0 Å². The number of carbonyl (C=O) groups excluding carboxylic acids is 1. The molecule has 16 heavy (non-hydrogen) atoms.